The molecule has 2 spiro atoms. The number of aromatic nitrogens is 2. The number of rotatable bonds is 4. The molecule has 1 saturated heterocycles. The van der Waals surface area contributed by atoms with Crippen molar-refractivity contribution in [3.05, 3.63) is 75.9 Å². The number of fused-ring (bicyclic) bond motifs is 3. The van der Waals surface area contributed by atoms with Gasteiger partial charge in [-0.2, -0.15) is 0 Å². The van der Waals surface area contributed by atoms with Gasteiger partial charge in [0.15, 0.2) is 0 Å². The van der Waals surface area contributed by atoms with Gasteiger partial charge in [-0.05, 0) is 92.2 Å². The summed E-state index contributed by atoms with van der Waals surface area (Å²) in [4.78, 5) is 29.1. The minimum Gasteiger partial charge on any atom is -0.428 e. The Kier molecular flexibility index (Phi) is 7.10. The summed E-state index contributed by atoms with van der Waals surface area (Å²) < 4.78 is 5.44. The predicted octanol–water partition coefficient (Wildman–Crippen LogP) is 6.50. The first-order valence-electron chi connectivity index (χ1n) is 15.3. The van der Waals surface area contributed by atoms with Crippen LogP contribution >= 0.6 is 23.2 Å². The number of nitrogens with zero attached hydrogens (tertiary/aromatic N) is 2. The smallest absolute Gasteiger partial charge is 0.238 e. The lowest BCUT2D eigenvalue weighted by molar-refractivity contribution is -0.125. The number of amides is 2. The van der Waals surface area contributed by atoms with Crippen LogP contribution in [0.4, 0.5) is 5.69 Å². The molecule has 8 nitrogen and oxygen atoms in total. The third-order valence-corrected chi connectivity index (χ3v) is 11.2. The Morgan fingerprint density at radius 3 is 2.44 bits per heavy atom. The standard InChI is InChI=1S/C33H37Cl2N5O3/c1-31(2)12-14-32(15-13-31)33(24-11-8-22(35)17-25(24)38-30(33)42)26(20-4-3-5-21(34)16-20)27(39-32)28(41)37-23-9-6-19(7-10-23)29-40-36-18-43-29/h3-5,8,11,16-19,23,26-27,39H,6-7,9-10,12-15H2,1-2H3,(H,37,41)(H,38,42)/t19-,23-,26-,27+,33+/m0/s1. The number of carbonyl (C=O) groups is 2. The number of hydrogen-bond acceptors (Lipinski definition) is 6. The molecule has 0 radical (unpaired) electrons. The molecule has 2 aliphatic carbocycles. The number of anilines is 1. The van der Waals surface area contributed by atoms with Crippen LogP contribution in [0.15, 0.2) is 53.3 Å². The first-order valence-corrected chi connectivity index (χ1v) is 16.1. The van der Waals surface area contributed by atoms with Crippen LogP contribution in [0.2, 0.25) is 10.0 Å². The molecular formula is C33H37Cl2N5O3. The fourth-order valence-electron chi connectivity index (χ4n) is 8.52. The van der Waals surface area contributed by atoms with Gasteiger partial charge in [0.2, 0.25) is 24.1 Å². The fourth-order valence-corrected chi connectivity index (χ4v) is 8.89. The van der Waals surface area contributed by atoms with Crippen LogP contribution in [-0.4, -0.2) is 39.6 Å². The molecule has 3 fully saturated rings. The van der Waals surface area contributed by atoms with Crippen LogP contribution in [0, 0.1) is 5.41 Å². The summed E-state index contributed by atoms with van der Waals surface area (Å²) in [5, 5.41) is 19.5. The van der Waals surface area contributed by atoms with E-state index in [4.69, 9.17) is 27.6 Å². The summed E-state index contributed by atoms with van der Waals surface area (Å²) in [5.41, 5.74) is 0.988. The van der Waals surface area contributed by atoms with Gasteiger partial charge < -0.3 is 15.1 Å². The van der Waals surface area contributed by atoms with E-state index in [0.717, 1.165) is 68.2 Å². The highest BCUT2D eigenvalue weighted by Gasteiger charge is 2.72. The largest absolute Gasteiger partial charge is 0.428 e. The molecule has 7 rings (SSSR count). The van der Waals surface area contributed by atoms with Gasteiger partial charge in [-0.15, -0.1) is 10.2 Å². The molecule has 2 aliphatic heterocycles. The number of carbonyl (C=O) groups excluding carboxylic acids is 2. The summed E-state index contributed by atoms with van der Waals surface area (Å²) in [7, 11) is 0. The number of hydrogen-bond donors (Lipinski definition) is 3. The maximum atomic E-state index is 14.6. The van der Waals surface area contributed by atoms with Crippen LogP contribution in [-0.2, 0) is 15.0 Å². The molecule has 43 heavy (non-hydrogen) atoms. The Labute approximate surface area is 261 Å². The molecule has 3 N–H and O–H groups in total. The van der Waals surface area contributed by atoms with Gasteiger partial charge in [-0.25, -0.2) is 0 Å². The molecule has 0 unspecified atom stereocenters. The molecule has 10 heteroatoms. The fraction of sp³-hybridized carbons (Fsp3) is 0.515. The van der Waals surface area contributed by atoms with Crippen LogP contribution in [0.3, 0.4) is 0 Å². The molecule has 3 atom stereocenters. The summed E-state index contributed by atoms with van der Waals surface area (Å²) in [6, 6.07) is 12.7. The normalized spacial score (nSPS) is 30.7. The van der Waals surface area contributed by atoms with Crippen LogP contribution in [0.25, 0.3) is 0 Å². The van der Waals surface area contributed by atoms with Gasteiger partial charge in [-0.1, -0.05) is 55.2 Å². The van der Waals surface area contributed by atoms with Gasteiger partial charge in [0.05, 0.1) is 6.04 Å². The van der Waals surface area contributed by atoms with Crippen LogP contribution in [0.5, 0.6) is 0 Å². The minimum atomic E-state index is -1.02. The van der Waals surface area contributed by atoms with Gasteiger partial charge >= 0.3 is 0 Å². The molecule has 1 aromatic heterocycles. The molecule has 2 saturated carbocycles. The van der Waals surface area contributed by atoms with E-state index in [0.29, 0.717) is 15.9 Å². The minimum absolute atomic E-state index is 0.0229. The predicted molar refractivity (Wildman–Crippen MR) is 165 cm³/mol. The second kappa shape index (κ2) is 10.6. The van der Waals surface area contributed by atoms with Crippen LogP contribution in [0.1, 0.15) is 94.1 Å². The van der Waals surface area contributed by atoms with E-state index in [1.54, 1.807) is 0 Å². The Balaban J connectivity index is 1.29. The van der Waals surface area contributed by atoms with E-state index in [2.05, 4.69) is 40.0 Å². The lowest BCUT2D eigenvalue weighted by Crippen LogP contribution is -2.61. The van der Waals surface area contributed by atoms with Crippen molar-refractivity contribution in [1.82, 2.24) is 20.8 Å². The molecule has 2 aromatic carbocycles. The first kappa shape index (κ1) is 28.8. The molecule has 226 valence electrons. The molecule has 3 aromatic rings. The number of benzene rings is 2. The van der Waals surface area contributed by atoms with Crippen molar-refractivity contribution < 1.29 is 14.0 Å². The molecule has 4 aliphatic rings. The van der Waals surface area contributed by atoms with Crippen molar-refractivity contribution in [2.75, 3.05) is 5.32 Å². The summed E-state index contributed by atoms with van der Waals surface area (Å²) in [6.07, 6.45) is 8.15. The second-order valence-corrected chi connectivity index (χ2v) is 14.6. The number of halogens is 2. The Hall–Kier alpha value is -2.94. The van der Waals surface area contributed by atoms with E-state index >= 15 is 0 Å². The molecule has 0 bridgehead atoms. The zero-order valence-corrected chi connectivity index (χ0v) is 26.0. The van der Waals surface area contributed by atoms with E-state index < -0.39 is 22.9 Å². The monoisotopic (exact) mass is 621 g/mol. The highest BCUT2D eigenvalue weighted by Crippen LogP contribution is 2.63. The molecular weight excluding hydrogens is 585 g/mol. The summed E-state index contributed by atoms with van der Waals surface area (Å²) in [5.74, 6) is 0.227. The van der Waals surface area contributed by atoms with Gasteiger partial charge in [-0.3, -0.25) is 14.9 Å². The summed E-state index contributed by atoms with van der Waals surface area (Å²) >= 11 is 13.0. The Bertz CT molecular complexity index is 1540. The zero-order valence-electron chi connectivity index (χ0n) is 24.5. The van der Waals surface area contributed by atoms with Crippen LogP contribution < -0.4 is 16.0 Å². The topological polar surface area (TPSA) is 109 Å². The van der Waals surface area contributed by atoms with Crippen molar-refractivity contribution in [2.45, 2.75) is 100 Å². The van der Waals surface area contributed by atoms with Gasteiger partial charge in [0, 0.05) is 39.1 Å². The lowest BCUT2D eigenvalue weighted by atomic mass is 9.53. The highest BCUT2D eigenvalue weighted by molar-refractivity contribution is 6.31. The maximum Gasteiger partial charge on any atom is 0.238 e. The lowest BCUT2D eigenvalue weighted by Gasteiger charge is -2.50. The quantitative estimate of drug-likeness (QED) is 0.307. The SMILES string of the molecule is CC1(C)CCC2(CC1)N[C@@H](C(=O)N[C@H]1CC[C@H](c3nnco3)CC1)[C@H](c1cccc(Cl)c1)[C@]21C(=O)Nc2cc(Cl)ccc21. The van der Waals surface area contributed by atoms with E-state index in [-0.39, 0.29) is 29.2 Å². The maximum absolute atomic E-state index is 14.6. The van der Waals surface area contributed by atoms with E-state index in [1.165, 1.54) is 6.39 Å². The van der Waals surface area contributed by atoms with E-state index in [9.17, 15) is 9.59 Å². The third-order valence-electron chi connectivity index (χ3n) is 10.7. The van der Waals surface area contributed by atoms with Crippen molar-refractivity contribution >= 4 is 40.7 Å². The van der Waals surface area contributed by atoms with Crippen molar-refractivity contribution in [2.24, 2.45) is 5.41 Å². The highest BCUT2D eigenvalue weighted by atomic mass is 35.5. The average molecular weight is 623 g/mol. The second-order valence-electron chi connectivity index (χ2n) is 13.7. The third kappa shape index (κ3) is 4.68. The van der Waals surface area contributed by atoms with E-state index in [1.807, 2.05) is 42.5 Å². The first-order chi connectivity index (χ1) is 20.6. The summed E-state index contributed by atoms with van der Waals surface area (Å²) in [6.45, 7) is 4.57. The zero-order chi connectivity index (χ0) is 30.0. The average Bonchev–Trinajstić information content (AvgIpc) is 3.68. The van der Waals surface area contributed by atoms with Crippen molar-refractivity contribution in [3.63, 3.8) is 0 Å². The Morgan fingerprint density at radius 1 is 1.00 bits per heavy atom. The van der Waals surface area contributed by atoms with Crippen molar-refractivity contribution in [3.8, 4) is 0 Å². The number of nitrogens with one attached hydrogen (secondary N) is 3. The van der Waals surface area contributed by atoms with Gasteiger partial charge in [0.25, 0.3) is 0 Å². The molecule has 3 heterocycles. The molecule has 2 amide bonds. The Morgan fingerprint density at radius 2 is 1.74 bits per heavy atom. The van der Waals surface area contributed by atoms with Gasteiger partial charge in [0.1, 0.15) is 5.41 Å². The van der Waals surface area contributed by atoms with Crippen molar-refractivity contribution in [1.29, 1.82) is 0 Å².